The highest BCUT2D eigenvalue weighted by Gasteiger charge is 2.86. The van der Waals surface area contributed by atoms with Crippen LogP contribution in [0.2, 0.25) is 0 Å². The maximum Gasteiger partial charge on any atom is 0.310 e. The lowest BCUT2D eigenvalue weighted by atomic mass is 9.36. The van der Waals surface area contributed by atoms with Crippen molar-refractivity contribution >= 4 is 23.5 Å². The van der Waals surface area contributed by atoms with Gasteiger partial charge in [-0.05, 0) is 106 Å². The van der Waals surface area contributed by atoms with Gasteiger partial charge < -0.3 is 20.1 Å². The zero-order valence-electron chi connectivity index (χ0n) is 24.8. The number of esters is 1. The molecule has 5 aliphatic rings. The molecule has 0 heterocycles. The van der Waals surface area contributed by atoms with Crippen molar-refractivity contribution in [1.82, 2.24) is 0 Å². The molecule has 12 atom stereocenters. The number of alkyl halides is 1. The third-order valence-corrected chi connectivity index (χ3v) is 14.0. The van der Waals surface area contributed by atoms with Crippen LogP contribution in [0.3, 0.4) is 0 Å². The molecule has 2 unspecified atom stereocenters. The van der Waals surface area contributed by atoms with Crippen molar-refractivity contribution in [2.24, 2.45) is 50.7 Å². The molecule has 0 saturated heterocycles. The van der Waals surface area contributed by atoms with Gasteiger partial charge in [0.2, 0.25) is 0 Å². The second-order valence-electron chi connectivity index (χ2n) is 15.2. The van der Waals surface area contributed by atoms with Crippen LogP contribution in [0.1, 0.15) is 106 Å². The maximum absolute atomic E-state index is 13.1. The molecule has 3 N–H and O–H groups in total. The number of ether oxygens (including phenoxy) is 1. The smallest absolute Gasteiger partial charge is 0.310 e. The number of fused-ring (bicyclic) bond motifs is 6. The van der Waals surface area contributed by atoms with Crippen LogP contribution in [0.4, 0.5) is 0 Å². The van der Waals surface area contributed by atoms with Crippen LogP contribution in [-0.2, 0) is 14.3 Å². The molecule has 0 aromatic rings. The average molecular weight is 565 g/mol. The van der Waals surface area contributed by atoms with Crippen LogP contribution < -0.4 is 0 Å². The van der Waals surface area contributed by atoms with E-state index in [2.05, 4.69) is 33.8 Å². The van der Waals surface area contributed by atoms with Gasteiger partial charge in [-0.25, -0.2) is 0 Å². The zero-order chi connectivity index (χ0) is 29.0. The van der Waals surface area contributed by atoms with Gasteiger partial charge in [0.1, 0.15) is 11.2 Å². The number of carbonyl (C=O) groups is 2. The van der Waals surface area contributed by atoms with E-state index in [0.717, 1.165) is 24.8 Å². The summed E-state index contributed by atoms with van der Waals surface area (Å²) in [6, 6.07) is 0. The Morgan fingerprint density at radius 2 is 1.74 bits per heavy atom. The van der Waals surface area contributed by atoms with E-state index in [4.69, 9.17) is 16.3 Å². The number of carboxylic acids is 1. The Bertz CT molecular complexity index is 1080. The van der Waals surface area contributed by atoms with Crippen molar-refractivity contribution in [2.75, 3.05) is 0 Å². The fourth-order valence-electron chi connectivity index (χ4n) is 11.5. The summed E-state index contributed by atoms with van der Waals surface area (Å²) in [5.41, 5.74) is -1.22. The van der Waals surface area contributed by atoms with Gasteiger partial charge in [-0.2, -0.15) is 0 Å². The molecule has 0 aromatic heterocycles. The Hall–Kier alpha value is -1.11. The normalized spacial score (nSPS) is 53.8. The molecular formula is C32H49ClO6. The van der Waals surface area contributed by atoms with E-state index >= 15 is 0 Å². The topological polar surface area (TPSA) is 104 Å². The third kappa shape index (κ3) is 3.72. The number of hydrogen-bond acceptors (Lipinski definition) is 5. The second kappa shape index (κ2) is 8.94. The summed E-state index contributed by atoms with van der Waals surface area (Å²) in [6.07, 6.45) is 6.90. The highest BCUT2D eigenvalue weighted by atomic mass is 35.5. The van der Waals surface area contributed by atoms with Gasteiger partial charge in [-0.15, -0.1) is 0 Å². The largest absolute Gasteiger partial charge is 0.481 e. The first kappa shape index (κ1) is 29.4. The van der Waals surface area contributed by atoms with E-state index in [1.807, 2.05) is 13.8 Å². The Balaban J connectivity index is 1.58. The van der Waals surface area contributed by atoms with Gasteiger partial charge in [-0.1, -0.05) is 50.9 Å². The van der Waals surface area contributed by atoms with E-state index in [1.165, 1.54) is 6.92 Å². The molecule has 0 radical (unpaired) electrons. The number of carbonyl (C=O) groups excluding carboxylic acids is 1. The van der Waals surface area contributed by atoms with Crippen LogP contribution in [-0.4, -0.2) is 44.5 Å². The predicted molar refractivity (Wildman–Crippen MR) is 150 cm³/mol. The number of aliphatic hydroxyl groups excluding tert-OH is 1. The standard InChI is InChI=1S/C32H49ClO6/c1-18(2)9-8-11-30(26(36)37)17-31(30)23-15-22(35)25-27(5)13-14-32(33,38)19(3)21(27)10-12-28(25,6)29(23,7)16-24(31)39-20(4)34/h9,19,21-25,35,38H,8,10-17H2,1-7H3,(H,36,37)/t19-,21-,22?,23+,24-,25?,27-,28-,29-,30+,31+,32+/m0/s1. The molecule has 5 fully saturated rings. The molecule has 220 valence electrons. The molecule has 0 aliphatic heterocycles. The number of hydrogen-bond donors (Lipinski definition) is 3. The number of aliphatic hydroxyl groups is 2. The van der Waals surface area contributed by atoms with Crippen LogP contribution in [0, 0.1) is 50.7 Å². The first-order chi connectivity index (χ1) is 17.9. The molecule has 0 bridgehead atoms. The van der Waals surface area contributed by atoms with Crippen molar-refractivity contribution in [3.8, 4) is 0 Å². The zero-order valence-corrected chi connectivity index (χ0v) is 25.6. The maximum atomic E-state index is 13.1. The average Bonchev–Trinajstić information content (AvgIpc) is 3.43. The molecule has 1 spiro atoms. The summed E-state index contributed by atoms with van der Waals surface area (Å²) in [7, 11) is 0. The fraction of sp³-hybridized carbons (Fsp3) is 0.875. The fourth-order valence-corrected chi connectivity index (χ4v) is 11.8. The number of rotatable bonds is 5. The van der Waals surface area contributed by atoms with E-state index in [0.29, 0.717) is 38.5 Å². The van der Waals surface area contributed by atoms with Gasteiger partial charge in [0, 0.05) is 18.3 Å². The lowest BCUT2D eigenvalue weighted by molar-refractivity contribution is -0.244. The summed E-state index contributed by atoms with van der Waals surface area (Å²) >= 11 is 6.59. The van der Waals surface area contributed by atoms with Gasteiger partial charge in [-0.3, -0.25) is 9.59 Å². The lowest BCUT2D eigenvalue weighted by Gasteiger charge is -2.69. The van der Waals surface area contributed by atoms with E-state index in [9.17, 15) is 24.9 Å². The van der Waals surface area contributed by atoms with Gasteiger partial charge in [0.25, 0.3) is 0 Å². The number of carboxylic acid groups (broad SMARTS) is 1. The highest BCUT2D eigenvalue weighted by Crippen LogP contribution is 2.85. The molecular weight excluding hydrogens is 516 g/mol. The van der Waals surface area contributed by atoms with Crippen LogP contribution in [0.25, 0.3) is 0 Å². The Morgan fingerprint density at radius 1 is 1.08 bits per heavy atom. The summed E-state index contributed by atoms with van der Waals surface area (Å²) in [5, 5.41) is 32.5. The second-order valence-corrected chi connectivity index (χ2v) is 15.8. The number of allylic oxidation sites excluding steroid dienone is 2. The minimum atomic E-state index is -1.22. The molecule has 0 amide bonds. The van der Waals surface area contributed by atoms with Crippen molar-refractivity contribution < 1.29 is 29.6 Å². The minimum absolute atomic E-state index is 0.00278. The molecule has 39 heavy (non-hydrogen) atoms. The van der Waals surface area contributed by atoms with Crippen LogP contribution >= 0.6 is 11.6 Å². The van der Waals surface area contributed by atoms with Gasteiger partial charge in [0.15, 0.2) is 0 Å². The molecule has 0 aromatic carbocycles. The van der Waals surface area contributed by atoms with Gasteiger partial charge in [0.05, 0.1) is 11.5 Å². The van der Waals surface area contributed by atoms with Crippen LogP contribution in [0.5, 0.6) is 0 Å². The van der Waals surface area contributed by atoms with Gasteiger partial charge >= 0.3 is 11.9 Å². The SMILES string of the molecule is CC(=O)O[C@H]1C[C@@]2(C)[C@@H](CC(O)C3[C@]2(C)CC[C@H]2[C@H](C)[C@@](O)(Cl)CC[C@]32C)[C@]12C[C@]2(CCC=C(C)C)C(=O)O. The first-order valence-electron chi connectivity index (χ1n) is 15.1. The van der Waals surface area contributed by atoms with Crippen molar-refractivity contribution in [3.05, 3.63) is 11.6 Å². The van der Waals surface area contributed by atoms with Crippen molar-refractivity contribution in [3.63, 3.8) is 0 Å². The summed E-state index contributed by atoms with van der Waals surface area (Å²) < 4.78 is 6.07. The number of halogens is 1. The molecule has 5 aliphatic carbocycles. The molecule has 7 heteroatoms. The molecule has 5 rings (SSSR count). The highest BCUT2D eigenvalue weighted by molar-refractivity contribution is 6.22. The quantitative estimate of drug-likeness (QED) is 0.205. The Morgan fingerprint density at radius 3 is 2.33 bits per heavy atom. The van der Waals surface area contributed by atoms with E-state index < -0.39 is 34.1 Å². The molecule has 5 saturated carbocycles. The van der Waals surface area contributed by atoms with Crippen molar-refractivity contribution in [2.45, 2.75) is 124 Å². The van der Waals surface area contributed by atoms with Crippen molar-refractivity contribution in [1.29, 1.82) is 0 Å². The van der Waals surface area contributed by atoms with E-state index in [1.54, 1.807) is 0 Å². The summed E-state index contributed by atoms with van der Waals surface area (Å²) in [6.45, 7) is 14.4. The Kier molecular flexibility index (Phi) is 6.74. The lowest BCUT2D eigenvalue weighted by Crippen LogP contribution is -2.66. The minimum Gasteiger partial charge on any atom is -0.481 e. The first-order valence-corrected chi connectivity index (χ1v) is 15.4. The van der Waals surface area contributed by atoms with E-state index in [-0.39, 0.29) is 45.9 Å². The Labute approximate surface area is 238 Å². The summed E-state index contributed by atoms with van der Waals surface area (Å²) in [5.74, 6) is -1.11. The monoisotopic (exact) mass is 564 g/mol. The summed E-state index contributed by atoms with van der Waals surface area (Å²) in [4.78, 5) is 25.5. The number of aliphatic carboxylic acids is 1. The third-order valence-electron chi connectivity index (χ3n) is 13.5. The predicted octanol–water partition coefficient (Wildman–Crippen LogP) is 6.31. The molecule has 6 nitrogen and oxygen atoms in total. The van der Waals surface area contributed by atoms with Crippen LogP contribution in [0.15, 0.2) is 11.6 Å².